The summed E-state index contributed by atoms with van der Waals surface area (Å²) < 4.78 is 0. The Morgan fingerprint density at radius 3 is 2.14 bits per heavy atom. The second kappa shape index (κ2) is 9.85. The van der Waals surface area contributed by atoms with Gasteiger partial charge in [-0.15, -0.1) is 0 Å². The molecule has 0 radical (unpaired) electrons. The summed E-state index contributed by atoms with van der Waals surface area (Å²) in [5.41, 5.74) is 12.2. The van der Waals surface area contributed by atoms with E-state index in [1.165, 1.54) is 0 Å². The van der Waals surface area contributed by atoms with E-state index >= 15 is 0 Å². The molecule has 0 saturated carbocycles. The molecule has 5 nitrogen and oxygen atoms in total. The van der Waals surface area contributed by atoms with E-state index in [-0.39, 0.29) is 29.8 Å². The largest absolute Gasteiger partial charge is 0.402 e. The van der Waals surface area contributed by atoms with Gasteiger partial charge in [-0.2, -0.15) is 0 Å². The minimum absolute atomic E-state index is 0.0334. The predicted octanol–water partition coefficient (Wildman–Crippen LogP) is 1.75. The molecular formula is C17H35N3O2. The number of aliphatic hydroxyl groups is 1. The molecule has 0 bridgehead atoms. The average molecular weight is 313 g/mol. The normalized spacial score (nSPS) is 17.1. The van der Waals surface area contributed by atoms with E-state index < -0.39 is 6.10 Å². The molecule has 0 aromatic rings. The van der Waals surface area contributed by atoms with Gasteiger partial charge in [0.1, 0.15) is 0 Å². The van der Waals surface area contributed by atoms with Crippen LogP contribution in [0.4, 0.5) is 0 Å². The van der Waals surface area contributed by atoms with Crippen LogP contribution >= 0.6 is 0 Å². The molecule has 0 heterocycles. The van der Waals surface area contributed by atoms with Crippen molar-refractivity contribution in [2.24, 2.45) is 29.2 Å². The SMILES string of the molecule is C=C(N)CC(NC(=O)C(C)CC(O)C(N)CC(C)C)C(C)C. The van der Waals surface area contributed by atoms with Gasteiger partial charge in [-0.25, -0.2) is 0 Å². The van der Waals surface area contributed by atoms with Crippen molar-refractivity contribution < 1.29 is 9.90 Å². The van der Waals surface area contributed by atoms with Crippen LogP contribution in [0.5, 0.6) is 0 Å². The molecule has 0 aliphatic carbocycles. The highest BCUT2D eigenvalue weighted by Crippen LogP contribution is 2.15. The summed E-state index contributed by atoms with van der Waals surface area (Å²) in [5, 5.41) is 13.1. The first-order valence-corrected chi connectivity index (χ1v) is 8.21. The Hall–Kier alpha value is -1.07. The fourth-order valence-corrected chi connectivity index (χ4v) is 2.41. The van der Waals surface area contributed by atoms with E-state index in [2.05, 4.69) is 25.7 Å². The van der Waals surface area contributed by atoms with Gasteiger partial charge >= 0.3 is 0 Å². The predicted molar refractivity (Wildman–Crippen MR) is 91.9 cm³/mol. The summed E-state index contributed by atoms with van der Waals surface area (Å²) in [5.74, 6) is 0.329. The third-order valence-electron chi connectivity index (χ3n) is 3.89. The lowest BCUT2D eigenvalue weighted by Gasteiger charge is -2.26. The minimum atomic E-state index is -0.662. The number of hydrogen-bond acceptors (Lipinski definition) is 4. The number of nitrogens with two attached hydrogens (primary N) is 2. The average Bonchev–Trinajstić information content (AvgIpc) is 2.35. The van der Waals surface area contributed by atoms with Gasteiger partial charge in [0.2, 0.25) is 5.91 Å². The summed E-state index contributed by atoms with van der Waals surface area (Å²) in [6.45, 7) is 13.7. The van der Waals surface area contributed by atoms with Crippen LogP contribution in [0.3, 0.4) is 0 Å². The highest BCUT2D eigenvalue weighted by Gasteiger charge is 2.25. The van der Waals surface area contributed by atoms with Crippen LogP contribution in [-0.4, -0.2) is 29.2 Å². The highest BCUT2D eigenvalue weighted by molar-refractivity contribution is 5.78. The van der Waals surface area contributed by atoms with Crippen molar-refractivity contribution in [3.63, 3.8) is 0 Å². The summed E-state index contributed by atoms with van der Waals surface area (Å²) in [6, 6.07) is -0.325. The quantitative estimate of drug-likeness (QED) is 0.493. The van der Waals surface area contributed by atoms with E-state index in [0.717, 1.165) is 6.42 Å². The first-order chi connectivity index (χ1) is 10.0. The van der Waals surface area contributed by atoms with Gasteiger partial charge < -0.3 is 21.9 Å². The van der Waals surface area contributed by atoms with Gasteiger partial charge in [0.05, 0.1) is 6.10 Å². The summed E-state index contributed by atoms with van der Waals surface area (Å²) in [7, 11) is 0. The number of nitrogens with one attached hydrogen (secondary N) is 1. The van der Waals surface area contributed by atoms with Crippen molar-refractivity contribution >= 4 is 5.91 Å². The van der Waals surface area contributed by atoms with Crippen LogP contribution in [0.2, 0.25) is 0 Å². The molecule has 0 spiro atoms. The lowest BCUT2D eigenvalue weighted by Crippen LogP contribution is -2.44. The number of carbonyl (C=O) groups excluding carboxylic acids is 1. The topological polar surface area (TPSA) is 101 Å². The van der Waals surface area contributed by atoms with E-state index in [0.29, 0.717) is 24.5 Å². The Balaban J connectivity index is 4.48. The van der Waals surface area contributed by atoms with Crippen molar-refractivity contribution in [2.75, 3.05) is 0 Å². The smallest absolute Gasteiger partial charge is 0.223 e. The zero-order chi connectivity index (χ0) is 17.4. The van der Waals surface area contributed by atoms with Gasteiger partial charge in [0.15, 0.2) is 0 Å². The molecular weight excluding hydrogens is 278 g/mol. The Morgan fingerprint density at radius 2 is 1.73 bits per heavy atom. The maximum atomic E-state index is 12.3. The fourth-order valence-electron chi connectivity index (χ4n) is 2.41. The lowest BCUT2D eigenvalue weighted by molar-refractivity contribution is -0.126. The summed E-state index contributed by atoms with van der Waals surface area (Å²) in [4.78, 5) is 12.3. The number of rotatable bonds is 10. The van der Waals surface area contributed by atoms with Gasteiger partial charge in [0.25, 0.3) is 0 Å². The zero-order valence-corrected chi connectivity index (χ0v) is 14.8. The number of hydrogen-bond donors (Lipinski definition) is 4. The van der Waals surface area contributed by atoms with Crippen LogP contribution in [0.1, 0.15) is 53.9 Å². The first-order valence-electron chi connectivity index (χ1n) is 8.21. The molecule has 130 valence electrons. The van der Waals surface area contributed by atoms with Crippen LogP contribution in [0, 0.1) is 17.8 Å². The van der Waals surface area contributed by atoms with Gasteiger partial charge in [-0.05, 0) is 24.7 Å². The maximum Gasteiger partial charge on any atom is 0.223 e. The Kier molecular flexibility index (Phi) is 9.37. The van der Waals surface area contributed by atoms with Crippen molar-refractivity contribution in [2.45, 2.75) is 72.1 Å². The molecule has 4 unspecified atom stereocenters. The molecule has 0 saturated heterocycles. The second-order valence-corrected chi connectivity index (χ2v) is 7.22. The van der Waals surface area contributed by atoms with Crippen LogP contribution in [0.15, 0.2) is 12.3 Å². The van der Waals surface area contributed by atoms with Gasteiger partial charge in [-0.1, -0.05) is 41.2 Å². The van der Waals surface area contributed by atoms with E-state index in [1.54, 1.807) is 0 Å². The lowest BCUT2D eigenvalue weighted by atomic mass is 9.92. The zero-order valence-electron chi connectivity index (χ0n) is 14.8. The Bertz CT molecular complexity index is 356. The van der Waals surface area contributed by atoms with Crippen molar-refractivity contribution in [1.29, 1.82) is 0 Å². The minimum Gasteiger partial charge on any atom is -0.402 e. The molecule has 0 fully saturated rings. The first kappa shape index (κ1) is 20.9. The van der Waals surface area contributed by atoms with Crippen LogP contribution in [0.25, 0.3) is 0 Å². The molecule has 1 amide bonds. The molecule has 0 aliphatic heterocycles. The Morgan fingerprint density at radius 1 is 1.18 bits per heavy atom. The molecule has 6 N–H and O–H groups in total. The van der Waals surface area contributed by atoms with E-state index in [4.69, 9.17) is 11.5 Å². The number of aliphatic hydroxyl groups excluding tert-OH is 1. The summed E-state index contributed by atoms with van der Waals surface area (Å²) >= 11 is 0. The molecule has 0 aromatic carbocycles. The van der Waals surface area contributed by atoms with Crippen molar-refractivity contribution in [1.82, 2.24) is 5.32 Å². The number of amides is 1. The van der Waals surface area contributed by atoms with E-state index in [1.807, 2.05) is 20.8 Å². The third-order valence-corrected chi connectivity index (χ3v) is 3.89. The van der Waals surface area contributed by atoms with Gasteiger partial charge in [-0.3, -0.25) is 4.79 Å². The molecule has 5 heteroatoms. The third kappa shape index (κ3) is 8.39. The molecule has 4 atom stereocenters. The maximum absolute atomic E-state index is 12.3. The van der Waals surface area contributed by atoms with Crippen molar-refractivity contribution in [3.05, 3.63) is 12.3 Å². The van der Waals surface area contributed by atoms with Crippen LogP contribution < -0.4 is 16.8 Å². The molecule has 0 rings (SSSR count). The Labute approximate surface area is 135 Å². The molecule has 0 aromatic heterocycles. The van der Waals surface area contributed by atoms with Gasteiger partial charge in [0, 0.05) is 30.1 Å². The van der Waals surface area contributed by atoms with Crippen LogP contribution in [-0.2, 0) is 4.79 Å². The van der Waals surface area contributed by atoms with E-state index in [9.17, 15) is 9.90 Å². The highest BCUT2D eigenvalue weighted by atomic mass is 16.3. The fraction of sp³-hybridized carbons (Fsp3) is 0.824. The van der Waals surface area contributed by atoms with Crippen molar-refractivity contribution in [3.8, 4) is 0 Å². The summed E-state index contributed by atoms with van der Waals surface area (Å²) in [6.07, 6.45) is 1.02. The molecule has 22 heavy (non-hydrogen) atoms. The monoisotopic (exact) mass is 313 g/mol. The standard InChI is InChI=1S/C17H35N3O2/c1-10(2)7-14(19)16(21)8-12(5)17(22)20-15(11(3)4)9-13(6)18/h10-12,14-16,21H,6-9,18-19H2,1-5H3,(H,20,22). The second-order valence-electron chi connectivity index (χ2n) is 7.22. The number of carbonyl (C=O) groups is 1. The molecule has 0 aliphatic rings.